The average molecular weight is 361 g/mol. The first-order valence-electron chi connectivity index (χ1n) is 7.54. The number of carbonyl (C=O) groups is 1. The standard InChI is InChI=1S/C17H17ClN4OS/c1-24-11-9-14(16-21-20-15-4-2-3-10-22(15)16)19-17(23)12-5-7-13(18)8-6-12/h2-8,10,14H,9,11H2,1H3,(H,19,23)/t14-/m0/s1. The Bertz CT molecular complexity index is 834. The molecule has 1 atom stereocenters. The molecule has 0 spiro atoms. The molecule has 0 bridgehead atoms. The van der Waals surface area contributed by atoms with Crippen LogP contribution in [0.25, 0.3) is 5.65 Å². The normalized spacial score (nSPS) is 12.2. The van der Waals surface area contributed by atoms with Gasteiger partial charge in [0.15, 0.2) is 11.5 Å². The van der Waals surface area contributed by atoms with Crippen molar-refractivity contribution in [2.24, 2.45) is 0 Å². The number of thioether (sulfide) groups is 1. The largest absolute Gasteiger partial charge is 0.342 e. The first kappa shape index (κ1) is 16.8. The highest BCUT2D eigenvalue weighted by Crippen LogP contribution is 2.19. The molecule has 124 valence electrons. The Balaban J connectivity index is 1.86. The van der Waals surface area contributed by atoms with Gasteiger partial charge in [-0.25, -0.2) is 0 Å². The topological polar surface area (TPSA) is 59.3 Å². The van der Waals surface area contributed by atoms with Crippen molar-refractivity contribution in [2.75, 3.05) is 12.0 Å². The lowest BCUT2D eigenvalue weighted by Crippen LogP contribution is -2.30. The fraction of sp³-hybridized carbons (Fsp3) is 0.235. The Morgan fingerprint density at radius 2 is 2.04 bits per heavy atom. The van der Waals surface area contributed by atoms with Gasteiger partial charge in [0, 0.05) is 16.8 Å². The molecule has 0 fully saturated rings. The molecule has 1 N–H and O–H groups in total. The van der Waals surface area contributed by atoms with Crippen molar-refractivity contribution in [1.82, 2.24) is 19.9 Å². The molecule has 7 heteroatoms. The molecule has 1 aromatic carbocycles. The van der Waals surface area contributed by atoms with Crippen LogP contribution in [0.5, 0.6) is 0 Å². The van der Waals surface area contributed by atoms with Crippen LogP contribution in [-0.2, 0) is 0 Å². The molecule has 0 aliphatic carbocycles. The van der Waals surface area contributed by atoms with Crippen molar-refractivity contribution in [3.63, 3.8) is 0 Å². The highest BCUT2D eigenvalue weighted by molar-refractivity contribution is 7.98. The van der Waals surface area contributed by atoms with Crippen LogP contribution in [0, 0.1) is 0 Å². The van der Waals surface area contributed by atoms with Gasteiger partial charge < -0.3 is 5.32 Å². The van der Waals surface area contributed by atoms with Gasteiger partial charge in [-0.05, 0) is 54.8 Å². The Hall–Kier alpha value is -2.05. The Morgan fingerprint density at radius 1 is 1.25 bits per heavy atom. The number of aromatic nitrogens is 3. The third-order valence-electron chi connectivity index (χ3n) is 3.67. The minimum Gasteiger partial charge on any atom is -0.342 e. The quantitative estimate of drug-likeness (QED) is 0.729. The second kappa shape index (κ2) is 7.68. The Morgan fingerprint density at radius 3 is 2.79 bits per heavy atom. The summed E-state index contributed by atoms with van der Waals surface area (Å²) < 4.78 is 1.91. The van der Waals surface area contributed by atoms with Crippen molar-refractivity contribution in [3.8, 4) is 0 Å². The number of hydrogen-bond acceptors (Lipinski definition) is 4. The maximum absolute atomic E-state index is 12.5. The first-order valence-corrected chi connectivity index (χ1v) is 9.31. The lowest BCUT2D eigenvalue weighted by molar-refractivity contribution is 0.0934. The second-order valence-corrected chi connectivity index (χ2v) is 6.72. The molecule has 0 unspecified atom stereocenters. The number of nitrogens with zero attached hydrogens (tertiary/aromatic N) is 3. The highest BCUT2D eigenvalue weighted by Gasteiger charge is 2.20. The highest BCUT2D eigenvalue weighted by atomic mass is 35.5. The number of rotatable bonds is 6. The van der Waals surface area contributed by atoms with Crippen LogP contribution in [-0.4, -0.2) is 32.5 Å². The van der Waals surface area contributed by atoms with Gasteiger partial charge >= 0.3 is 0 Å². The number of fused-ring (bicyclic) bond motifs is 1. The van der Waals surface area contributed by atoms with E-state index in [0.29, 0.717) is 10.6 Å². The molecule has 3 rings (SSSR count). The summed E-state index contributed by atoms with van der Waals surface area (Å²) in [5.41, 5.74) is 1.34. The van der Waals surface area contributed by atoms with E-state index in [0.717, 1.165) is 23.6 Å². The predicted octanol–water partition coefficient (Wildman–Crippen LogP) is 3.61. The number of amides is 1. The van der Waals surface area contributed by atoms with Crippen molar-refractivity contribution in [2.45, 2.75) is 12.5 Å². The predicted molar refractivity (Wildman–Crippen MR) is 97.6 cm³/mol. The molecule has 24 heavy (non-hydrogen) atoms. The van der Waals surface area contributed by atoms with Crippen molar-refractivity contribution in [1.29, 1.82) is 0 Å². The van der Waals surface area contributed by atoms with Crippen molar-refractivity contribution >= 4 is 34.9 Å². The molecule has 0 aliphatic heterocycles. The molecule has 0 saturated carbocycles. The summed E-state index contributed by atoms with van der Waals surface area (Å²) in [6.07, 6.45) is 4.72. The van der Waals surface area contributed by atoms with Crippen LogP contribution >= 0.6 is 23.4 Å². The van der Waals surface area contributed by atoms with Gasteiger partial charge in [-0.3, -0.25) is 9.20 Å². The maximum atomic E-state index is 12.5. The number of carbonyl (C=O) groups excluding carboxylic acids is 1. The van der Waals surface area contributed by atoms with E-state index >= 15 is 0 Å². The number of benzene rings is 1. The molecular formula is C17H17ClN4OS. The van der Waals surface area contributed by atoms with Crippen molar-refractivity contribution in [3.05, 3.63) is 65.1 Å². The van der Waals surface area contributed by atoms with Gasteiger partial charge in [0.25, 0.3) is 5.91 Å². The SMILES string of the molecule is CSCC[C@H](NC(=O)c1ccc(Cl)cc1)c1nnc2ccccn12. The lowest BCUT2D eigenvalue weighted by atomic mass is 10.1. The maximum Gasteiger partial charge on any atom is 0.251 e. The van der Waals surface area contributed by atoms with Gasteiger partial charge in [-0.2, -0.15) is 11.8 Å². The van der Waals surface area contributed by atoms with Crippen LogP contribution in [0.15, 0.2) is 48.7 Å². The van der Waals surface area contributed by atoms with E-state index in [9.17, 15) is 4.79 Å². The van der Waals surface area contributed by atoms with E-state index in [4.69, 9.17) is 11.6 Å². The smallest absolute Gasteiger partial charge is 0.251 e. The third kappa shape index (κ3) is 3.71. The van der Waals surface area contributed by atoms with E-state index < -0.39 is 0 Å². The third-order valence-corrected chi connectivity index (χ3v) is 4.57. The molecule has 2 heterocycles. The fourth-order valence-corrected chi connectivity index (χ4v) is 3.04. The van der Waals surface area contributed by atoms with Crippen molar-refractivity contribution < 1.29 is 4.79 Å². The minimum absolute atomic E-state index is 0.148. The Kier molecular flexibility index (Phi) is 5.37. The van der Waals surface area contributed by atoms with Gasteiger partial charge in [0.2, 0.25) is 0 Å². The molecule has 5 nitrogen and oxygen atoms in total. The summed E-state index contributed by atoms with van der Waals surface area (Å²) in [6.45, 7) is 0. The lowest BCUT2D eigenvalue weighted by Gasteiger charge is -2.17. The zero-order valence-electron chi connectivity index (χ0n) is 13.1. The average Bonchev–Trinajstić information content (AvgIpc) is 3.03. The number of nitrogens with one attached hydrogen (secondary N) is 1. The molecule has 1 amide bonds. The van der Waals surface area contributed by atoms with Crippen LogP contribution in [0.2, 0.25) is 5.02 Å². The molecule has 0 radical (unpaired) electrons. The summed E-state index contributed by atoms with van der Waals surface area (Å²) in [5, 5.41) is 12.1. The molecule has 0 saturated heterocycles. The monoisotopic (exact) mass is 360 g/mol. The fourth-order valence-electron chi connectivity index (χ4n) is 2.44. The van der Waals surface area contributed by atoms with Crippen LogP contribution in [0.1, 0.15) is 28.6 Å². The van der Waals surface area contributed by atoms with E-state index in [1.54, 1.807) is 36.0 Å². The number of pyridine rings is 1. The van der Waals surface area contributed by atoms with E-state index in [2.05, 4.69) is 15.5 Å². The van der Waals surface area contributed by atoms with E-state index in [1.807, 2.05) is 35.1 Å². The number of hydrogen-bond donors (Lipinski definition) is 1. The van der Waals surface area contributed by atoms with Gasteiger partial charge in [-0.1, -0.05) is 17.7 Å². The summed E-state index contributed by atoms with van der Waals surface area (Å²) >= 11 is 7.61. The van der Waals surface area contributed by atoms with Crippen LogP contribution < -0.4 is 5.32 Å². The van der Waals surface area contributed by atoms with Crippen LogP contribution in [0.4, 0.5) is 0 Å². The Labute approximate surface area is 149 Å². The second-order valence-electron chi connectivity index (χ2n) is 5.30. The molecular weight excluding hydrogens is 344 g/mol. The summed E-state index contributed by atoms with van der Waals surface area (Å²) in [6, 6.07) is 12.4. The number of halogens is 1. The summed E-state index contributed by atoms with van der Waals surface area (Å²) in [4.78, 5) is 12.5. The van der Waals surface area contributed by atoms with Crippen LogP contribution in [0.3, 0.4) is 0 Å². The van der Waals surface area contributed by atoms with Gasteiger partial charge in [0.05, 0.1) is 6.04 Å². The molecule has 3 aromatic rings. The molecule has 0 aliphatic rings. The zero-order chi connectivity index (χ0) is 16.9. The van der Waals surface area contributed by atoms with E-state index in [-0.39, 0.29) is 11.9 Å². The molecule has 2 aromatic heterocycles. The first-order chi connectivity index (χ1) is 11.7. The summed E-state index contributed by atoms with van der Waals surface area (Å²) in [5.74, 6) is 1.50. The zero-order valence-corrected chi connectivity index (χ0v) is 14.7. The van der Waals surface area contributed by atoms with E-state index in [1.165, 1.54) is 0 Å². The summed E-state index contributed by atoms with van der Waals surface area (Å²) in [7, 11) is 0. The van der Waals surface area contributed by atoms with Gasteiger partial charge in [0.1, 0.15) is 0 Å². The van der Waals surface area contributed by atoms with Gasteiger partial charge in [-0.15, -0.1) is 10.2 Å². The minimum atomic E-state index is -0.210.